The Hall–Kier alpha value is -1.87. The van der Waals surface area contributed by atoms with Crippen molar-refractivity contribution in [3.8, 4) is 5.75 Å². The molecule has 0 spiro atoms. The van der Waals surface area contributed by atoms with Gasteiger partial charge in [-0.1, -0.05) is 12.1 Å². The van der Waals surface area contributed by atoms with Crippen LogP contribution in [-0.4, -0.2) is 32.4 Å². The highest BCUT2D eigenvalue weighted by atomic mass is 32.1. The van der Waals surface area contributed by atoms with Crippen LogP contribution in [-0.2, 0) is 19.9 Å². The highest BCUT2D eigenvalue weighted by Crippen LogP contribution is 2.33. The zero-order valence-corrected chi connectivity index (χ0v) is 15.5. The predicted octanol–water partition coefficient (Wildman–Crippen LogP) is 4.16. The van der Waals surface area contributed by atoms with Crippen molar-refractivity contribution in [3.05, 3.63) is 40.4 Å². The predicted molar refractivity (Wildman–Crippen MR) is 93.3 cm³/mol. The summed E-state index contributed by atoms with van der Waals surface area (Å²) in [7, 11) is 1.29. The lowest BCUT2D eigenvalue weighted by atomic mass is 10.0. The number of benzene rings is 1. The molecule has 2 heterocycles. The average molecular weight is 386 g/mol. The molecule has 1 saturated heterocycles. The van der Waals surface area contributed by atoms with Crippen LogP contribution >= 0.6 is 12.2 Å². The molecule has 9 heteroatoms. The van der Waals surface area contributed by atoms with Crippen molar-refractivity contribution < 1.29 is 17.9 Å². The van der Waals surface area contributed by atoms with Crippen LogP contribution in [0.4, 0.5) is 13.2 Å². The third kappa shape index (κ3) is 3.78. The van der Waals surface area contributed by atoms with Gasteiger partial charge < -0.3 is 4.74 Å². The molecule has 1 fully saturated rings. The van der Waals surface area contributed by atoms with E-state index in [9.17, 15) is 13.2 Å². The van der Waals surface area contributed by atoms with E-state index in [-0.39, 0.29) is 17.5 Å². The number of aromatic nitrogens is 3. The third-order valence-corrected chi connectivity index (χ3v) is 5.03. The van der Waals surface area contributed by atoms with Gasteiger partial charge in [0.2, 0.25) is 5.82 Å². The molecule has 0 N–H and O–H groups in total. The first kappa shape index (κ1) is 18.9. The quantitative estimate of drug-likeness (QED) is 0.723. The summed E-state index contributed by atoms with van der Waals surface area (Å²) in [5, 5.41) is 3.70. The first-order valence-electron chi connectivity index (χ1n) is 8.49. The highest BCUT2D eigenvalue weighted by molar-refractivity contribution is 7.71. The minimum Gasteiger partial charge on any atom is -0.494 e. The van der Waals surface area contributed by atoms with Crippen molar-refractivity contribution in [2.45, 2.75) is 38.7 Å². The minimum absolute atomic E-state index is 0.0645. The Morgan fingerprint density at radius 3 is 2.54 bits per heavy atom. The second-order valence-electron chi connectivity index (χ2n) is 6.28. The number of alkyl halides is 3. The van der Waals surface area contributed by atoms with Gasteiger partial charge in [-0.2, -0.15) is 13.2 Å². The molecule has 1 aliphatic rings. The zero-order valence-electron chi connectivity index (χ0n) is 14.7. The Kier molecular flexibility index (Phi) is 5.38. The van der Waals surface area contributed by atoms with Gasteiger partial charge in [-0.25, -0.2) is 4.68 Å². The molecule has 1 aromatic heterocycles. The molecule has 1 aliphatic heterocycles. The van der Waals surface area contributed by atoms with Gasteiger partial charge in [0.15, 0.2) is 4.77 Å². The number of hydrogen-bond donors (Lipinski definition) is 0. The molecule has 0 amide bonds. The van der Waals surface area contributed by atoms with Crippen molar-refractivity contribution in [1.82, 2.24) is 19.2 Å². The molecule has 2 aromatic rings. The molecule has 5 nitrogen and oxygen atoms in total. The molecular formula is C17H21F3N4OS. The molecule has 0 saturated carbocycles. The number of ether oxygens (including phenoxy) is 1. The SMILES string of the molecule is CCOc1ccc([C@@H]2CCCN2Cn2nc(C(F)(F)F)n(C)c2=S)cc1. The molecule has 0 bridgehead atoms. The summed E-state index contributed by atoms with van der Waals surface area (Å²) in [6.45, 7) is 3.56. The molecule has 142 valence electrons. The van der Waals surface area contributed by atoms with Crippen LogP contribution in [0.2, 0.25) is 0 Å². The maximum Gasteiger partial charge on any atom is 0.451 e. The van der Waals surface area contributed by atoms with Crippen molar-refractivity contribution in [3.63, 3.8) is 0 Å². The summed E-state index contributed by atoms with van der Waals surface area (Å²) in [6, 6.07) is 7.98. The van der Waals surface area contributed by atoms with Crippen molar-refractivity contribution >= 4 is 12.2 Å². The molecule has 0 radical (unpaired) electrons. The first-order chi connectivity index (χ1) is 12.3. The molecular weight excluding hydrogens is 365 g/mol. The van der Waals surface area contributed by atoms with Gasteiger partial charge in [0, 0.05) is 19.6 Å². The van der Waals surface area contributed by atoms with Crippen LogP contribution in [0.25, 0.3) is 0 Å². The maximum absolute atomic E-state index is 13.0. The number of rotatable bonds is 5. The van der Waals surface area contributed by atoms with Gasteiger partial charge >= 0.3 is 6.18 Å². The van der Waals surface area contributed by atoms with E-state index in [1.54, 1.807) is 0 Å². The Balaban J connectivity index is 1.80. The van der Waals surface area contributed by atoms with Gasteiger partial charge in [-0.15, -0.1) is 5.10 Å². The van der Waals surface area contributed by atoms with E-state index in [4.69, 9.17) is 17.0 Å². The molecule has 1 aromatic carbocycles. The van der Waals surface area contributed by atoms with Gasteiger partial charge in [-0.3, -0.25) is 9.47 Å². The topological polar surface area (TPSA) is 35.2 Å². The lowest BCUT2D eigenvalue weighted by Gasteiger charge is -2.24. The normalized spacial score (nSPS) is 18.4. The third-order valence-electron chi connectivity index (χ3n) is 4.55. The summed E-state index contributed by atoms with van der Waals surface area (Å²) >= 11 is 5.14. The summed E-state index contributed by atoms with van der Waals surface area (Å²) in [5.74, 6) is -0.165. The standard InChI is InChI=1S/C17H21F3N4OS/c1-3-25-13-8-6-12(7-9-13)14-5-4-10-23(14)11-24-16(26)22(2)15(21-24)17(18,19)20/h6-9,14H,3-5,10-11H2,1-2H3/t14-/m0/s1. The fourth-order valence-electron chi connectivity index (χ4n) is 3.32. The van der Waals surface area contributed by atoms with Crippen molar-refractivity contribution in [1.29, 1.82) is 0 Å². The fourth-order valence-corrected chi connectivity index (χ4v) is 3.51. The fraction of sp³-hybridized carbons (Fsp3) is 0.529. The van der Waals surface area contributed by atoms with E-state index in [1.165, 1.54) is 11.7 Å². The van der Waals surface area contributed by atoms with Crippen LogP contribution in [0.5, 0.6) is 5.75 Å². The monoisotopic (exact) mass is 386 g/mol. The number of likely N-dealkylation sites (tertiary alicyclic amines) is 1. The molecule has 26 heavy (non-hydrogen) atoms. The first-order valence-corrected chi connectivity index (χ1v) is 8.90. The summed E-state index contributed by atoms with van der Waals surface area (Å²) in [4.78, 5) is 2.11. The minimum atomic E-state index is -4.52. The zero-order chi connectivity index (χ0) is 18.9. The van der Waals surface area contributed by atoms with E-state index in [0.29, 0.717) is 6.61 Å². The summed E-state index contributed by atoms with van der Waals surface area (Å²) in [5.41, 5.74) is 1.12. The Morgan fingerprint density at radius 2 is 1.96 bits per heavy atom. The molecule has 0 aliphatic carbocycles. The van der Waals surface area contributed by atoms with E-state index < -0.39 is 12.0 Å². The largest absolute Gasteiger partial charge is 0.494 e. The van der Waals surface area contributed by atoms with Crippen LogP contribution < -0.4 is 4.74 Å². The Bertz CT molecular complexity index is 813. The lowest BCUT2D eigenvalue weighted by molar-refractivity contribution is -0.147. The van der Waals surface area contributed by atoms with E-state index >= 15 is 0 Å². The Morgan fingerprint density at radius 1 is 1.27 bits per heavy atom. The van der Waals surface area contributed by atoms with Gasteiger partial charge in [0.1, 0.15) is 5.75 Å². The van der Waals surface area contributed by atoms with Gasteiger partial charge in [0.05, 0.1) is 13.3 Å². The maximum atomic E-state index is 13.0. The van der Waals surface area contributed by atoms with Crippen LogP contribution in [0.3, 0.4) is 0 Å². The van der Waals surface area contributed by atoms with E-state index in [2.05, 4.69) is 10.00 Å². The average Bonchev–Trinajstić information content (AvgIpc) is 3.16. The van der Waals surface area contributed by atoms with Gasteiger partial charge in [0.25, 0.3) is 0 Å². The molecule has 0 unspecified atom stereocenters. The molecule has 1 atom stereocenters. The number of halogens is 3. The van der Waals surface area contributed by atoms with Crippen molar-refractivity contribution in [2.75, 3.05) is 13.2 Å². The molecule has 3 rings (SSSR count). The lowest BCUT2D eigenvalue weighted by Crippen LogP contribution is -2.27. The second kappa shape index (κ2) is 7.40. The Labute approximate surface area is 155 Å². The van der Waals surface area contributed by atoms with Gasteiger partial charge in [-0.05, 0) is 49.7 Å². The highest BCUT2D eigenvalue weighted by Gasteiger charge is 2.38. The van der Waals surface area contributed by atoms with Crippen LogP contribution in [0.15, 0.2) is 24.3 Å². The number of hydrogen-bond acceptors (Lipinski definition) is 4. The van der Waals surface area contributed by atoms with E-state index in [1.807, 2.05) is 31.2 Å². The van der Waals surface area contributed by atoms with E-state index in [0.717, 1.165) is 35.3 Å². The second-order valence-corrected chi connectivity index (χ2v) is 6.64. The number of nitrogens with zero attached hydrogens (tertiary/aromatic N) is 4. The van der Waals surface area contributed by atoms with Crippen LogP contribution in [0, 0.1) is 4.77 Å². The smallest absolute Gasteiger partial charge is 0.451 e. The summed E-state index contributed by atoms with van der Waals surface area (Å²) in [6.07, 6.45) is -2.60. The summed E-state index contributed by atoms with van der Waals surface area (Å²) < 4.78 is 46.8. The van der Waals surface area contributed by atoms with Crippen molar-refractivity contribution in [2.24, 2.45) is 7.05 Å². The van der Waals surface area contributed by atoms with Crippen LogP contribution in [0.1, 0.15) is 37.2 Å².